The number of hydrogen-bond donors (Lipinski definition) is 1. The molecule has 0 radical (unpaired) electrons. The van der Waals surface area contributed by atoms with E-state index in [9.17, 15) is 9.59 Å². The maximum atomic E-state index is 13.2. The van der Waals surface area contributed by atoms with Gasteiger partial charge in [0.2, 0.25) is 0 Å². The summed E-state index contributed by atoms with van der Waals surface area (Å²) in [6, 6.07) is 7.00. The molecule has 3 rings (SSSR count). The fraction of sp³-hybridized carbons (Fsp3) is 0.619. The van der Waals surface area contributed by atoms with Crippen molar-refractivity contribution in [2.45, 2.75) is 70.4 Å². The predicted molar refractivity (Wildman–Crippen MR) is 110 cm³/mol. The lowest BCUT2D eigenvalue weighted by Crippen LogP contribution is -2.50. The molecule has 0 aromatic heterocycles. The van der Waals surface area contributed by atoms with Crippen molar-refractivity contribution < 1.29 is 14.3 Å². The predicted octanol–water partition coefficient (Wildman–Crippen LogP) is 4.80. The van der Waals surface area contributed by atoms with Gasteiger partial charge in [0.15, 0.2) is 0 Å². The number of carbonyl (C=O) groups is 2. The van der Waals surface area contributed by atoms with Crippen LogP contribution in [-0.4, -0.2) is 40.2 Å². The first-order chi connectivity index (χ1) is 13.0. The van der Waals surface area contributed by atoms with Crippen LogP contribution in [-0.2, 0) is 9.53 Å². The Morgan fingerprint density at radius 1 is 1.19 bits per heavy atom. The molecule has 1 aliphatic carbocycles. The molecule has 0 bridgehead atoms. The number of nitrogens with one attached hydrogen (secondary N) is 1. The van der Waals surface area contributed by atoms with Crippen molar-refractivity contribution in [3.63, 3.8) is 0 Å². The maximum Gasteiger partial charge on any atom is 0.330 e. The second-order valence-corrected chi connectivity index (χ2v) is 8.93. The van der Waals surface area contributed by atoms with E-state index in [0.29, 0.717) is 11.7 Å². The average molecular weight is 391 g/mol. The number of thioether (sulfide) groups is 1. The molecular weight excluding hydrogens is 360 g/mol. The molecule has 6 heteroatoms. The molecule has 1 aromatic rings. The molecule has 1 aromatic carbocycles. The van der Waals surface area contributed by atoms with Gasteiger partial charge in [-0.2, -0.15) is 0 Å². The number of carbonyl (C=O) groups excluding carboxylic acids is 2. The Morgan fingerprint density at radius 2 is 1.89 bits per heavy atom. The average Bonchev–Trinajstić information content (AvgIpc) is 3.09. The van der Waals surface area contributed by atoms with E-state index in [4.69, 9.17) is 4.74 Å². The highest BCUT2D eigenvalue weighted by atomic mass is 32.2. The van der Waals surface area contributed by atoms with Crippen LogP contribution in [0.5, 0.6) is 0 Å². The van der Waals surface area contributed by atoms with Gasteiger partial charge >= 0.3 is 12.0 Å². The zero-order valence-electron chi connectivity index (χ0n) is 16.4. The van der Waals surface area contributed by atoms with E-state index in [1.54, 1.807) is 16.7 Å². The number of amides is 2. The van der Waals surface area contributed by atoms with Crippen LogP contribution in [0, 0.1) is 12.8 Å². The lowest BCUT2D eigenvalue weighted by atomic mass is 9.88. The Hall–Kier alpha value is -1.69. The van der Waals surface area contributed by atoms with Crippen LogP contribution in [0.4, 0.5) is 10.5 Å². The zero-order chi connectivity index (χ0) is 19.4. The molecule has 2 fully saturated rings. The molecule has 1 N–H and O–H groups in total. The van der Waals surface area contributed by atoms with E-state index in [1.807, 2.05) is 45.0 Å². The number of nitrogens with zero attached hydrogens (tertiary/aromatic N) is 1. The van der Waals surface area contributed by atoms with Gasteiger partial charge in [0.25, 0.3) is 0 Å². The number of urea groups is 1. The topological polar surface area (TPSA) is 58.6 Å². The van der Waals surface area contributed by atoms with Crippen molar-refractivity contribution in [1.29, 1.82) is 0 Å². The monoisotopic (exact) mass is 390 g/mol. The minimum absolute atomic E-state index is 0.0408. The summed E-state index contributed by atoms with van der Waals surface area (Å²) in [6.07, 6.45) is 5.74. The number of ether oxygens (including phenoxy) is 1. The summed E-state index contributed by atoms with van der Waals surface area (Å²) in [6.45, 7) is 5.66. The number of rotatable bonds is 4. The van der Waals surface area contributed by atoms with Crippen LogP contribution in [0.25, 0.3) is 0 Å². The van der Waals surface area contributed by atoms with Crippen LogP contribution >= 0.6 is 11.8 Å². The number of anilines is 1. The van der Waals surface area contributed by atoms with Crippen molar-refractivity contribution >= 4 is 29.4 Å². The van der Waals surface area contributed by atoms with Crippen molar-refractivity contribution in [2.75, 3.05) is 11.1 Å². The number of esters is 1. The molecule has 0 spiro atoms. The van der Waals surface area contributed by atoms with Gasteiger partial charge in [-0.05, 0) is 51.2 Å². The van der Waals surface area contributed by atoms with Crippen LogP contribution in [0.1, 0.15) is 51.5 Å². The van der Waals surface area contributed by atoms with Gasteiger partial charge in [0.1, 0.15) is 6.04 Å². The Kier molecular flexibility index (Phi) is 6.68. The highest BCUT2D eigenvalue weighted by molar-refractivity contribution is 8.00. The standard InChI is InChI=1S/C21H30N2O3S/c1-14(2)26-20(24)18-13-27-19(16-10-5-4-6-11-16)23(18)21(25)22-17-12-8-7-9-15(17)3/h7-9,12,14,16,18-19H,4-6,10-11,13H2,1-3H3,(H,22,25). The normalized spacial score (nSPS) is 23.5. The lowest BCUT2D eigenvalue weighted by molar-refractivity contribution is -0.151. The van der Waals surface area contributed by atoms with E-state index < -0.39 is 6.04 Å². The molecule has 148 valence electrons. The van der Waals surface area contributed by atoms with Crippen LogP contribution < -0.4 is 5.32 Å². The SMILES string of the molecule is Cc1ccccc1NC(=O)N1C(C(=O)OC(C)C)CSC1C1CCCCC1. The first-order valence-corrected chi connectivity index (χ1v) is 11.0. The van der Waals surface area contributed by atoms with Gasteiger partial charge in [-0.25, -0.2) is 9.59 Å². The van der Waals surface area contributed by atoms with Gasteiger partial charge in [0, 0.05) is 11.4 Å². The molecule has 5 nitrogen and oxygen atoms in total. The Labute approximate surface area is 166 Å². The van der Waals surface area contributed by atoms with Crippen LogP contribution in [0.3, 0.4) is 0 Å². The van der Waals surface area contributed by atoms with E-state index >= 15 is 0 Å². The van der Waals surface area contributed by atoms with Crippen LogP contribution in [0.15, 0.2) is 24.3 Å². The molecule has 2 amide bonds. The molecule has 1 saturated carbocycles. The molecular formula is C21H30N2O3S. The molecule has 1 heterocycles. The number of aryl methyl sites for hydroxylation is 1. The summed E-state index contributed by atoms with van der Waals surface area (Å²) in [7, 11) is 0. The first-order valence-electron chi connectivity index (χ1n) is 9.94. The molecule has 27 heavy (non-hydrogen) atoms. The quantitative estimate of drug-likeness (QED) is 0.750. The van der Waals surface area contributed by atoms with Gasteiger partial charge in [0.05, 0.1) is 11.5 Å². The van der Waals surface area contributed by atoms with Gasteiger partial charge in [-0.15, -0.1) is 11.8 Å². The summed E-state index contributed by atoms with van der Waals surface area (Å²) in [4.78, 5) is 27.6. The van der Waals surface area contributed by atoms with Crippen molar-refractivity contribution in [3.8, 4) is 0 Å². The highest BCUT2D eigenvalue weighted by Crippen LogP contribution is 2.41. The van der Waals surface area contributed by atoms with Crippen molar-refractivity contribution in [2.24, 2.45) is 5.92 Å². The Morgan fingerprint density at radius 3 is 2.56 bits per heavy atom. The largest absolute Gasteiger partial charge is 0.461 e. The van der Waals surface area contributed by atoms with Crippen molar-refractivity contribution in [1.82, 2.24) is 4.90 Å². The summed E-state index contributed by atoms with van der Waals surface area (Å²) in [5, 5.41) is 3.07. The minimum atomic E-state index is -0.520. The van der Waals surface area contributed by atoms with Gasteiger partial charge in [-0.1, -0.05) is 37.5 Å². The maximum absolute atomic E-state index is 13.2. The number of benzene rings is 1. The van der Waals surface area contributed by atoms with E-state index in [-0.39, 0.29) is 23.5 Å². The van der Waals surface area contributed by atoms with Crippen molar-refractivity contribution in [3.05, 3.63) is 29.8 Å². The van der Waals surface area contributed by atoms with Crippen LogP contribution in [0.2, 0.25) is 0 Å². The third kappa shape index (κ3) is 4.78. The fourth-order valence-electron chi connectivity index (χ4n) is 3.95. The Balaban J connectivity index is 1.81. The summed E-state index contributed by atoms with van der Waals surface area (Å²) >= 11 is 1.73. The fourth-order valence-corrected chi connectivity index (χ4v) is 5.58. The molecule has 1 saturated heterocycles. The molecule has 2 atom stereocenters. The van der Waals surface area contributed by atoms with E-state index in [1.165, 1.54) is 19.3 Å². The Bertz CT molecular complexity index is 673. The lowest BCUT2D eigenvalue weighted by Gasteiger charge is -2.35. The number of hydrogen-bond acceptors (Lipinski definition) is 4. The second-order valence-electron chi connectivity index (χ2n) is 7.78. The van der Waals surface area contributed by atoms with Gasteiger partial charge in [-0.3, -0.25) is 4.90 Å². The highest BCUT2D eigenvalue weighted by Gasteiger charge is 2.46. The van der Waals surface area contributed by atoms with Gasteiger partial charge < -0.3 is 10.1 Å². The molecule has 2 aliphatic rings. The van der Waals surface area contributed by atoms with E-state index in [2.05, 4.69) is 5.32 Å². The number of para-hydroxylation sites is 1. The summed E-state index contributed by atoms with van der Waals surface area (Å²) in [5.74, 6) is 0.757. The zero-order valence-corrected chi connectivity index (χ0v) is 17.3. The smallest absolute Gasteiger partial charge is 0.330 e. The van der Waals surface area contributed by atoms with E-state index in [0.717, 1.165) is 24.1 Å². The summed E-state index contributed by atoms with van der Waals surface area (Å²) in [5.41, 5.74) is 1.80. The minimum Gasteiger partial charge on any atom is -0.461 e. The third-order valence-corrected chi connectivity index (χ3v) is 6.79. The first kappa shape index (κ1) is 20.1. The third-order valence-electron chi connectivity index (χ3n) is 5.33. The molecule has 1 aliphatic heterocycles. The summed E-state index contributed by atoms with van der Waals surface area (Å²) < 4.78 is 5.45. The molecule has 2 unspecified atom stereocenters. The second kappa shape index (κ2) is 9.00.